The maximum atomic E-state index is 5.56. The lowest BCUT2D eigenvalue weighted by molar-refractivity contribution is 0.493. The summed E-state index contributed by atoms with van der Waals surface area (Å²) >= 11 is 0. The lowest BCUT2D eigenvalue weighted by Crippen LogP contribution is -2.21. The number of rotatable bonds is 0. The summed E-state index contributed by atoms with van der Waals surface area (Å²) in [6.45, 7) is 5.90. The van der Waals surface area contributed by atoms with Gasteiger partial charge >= 0.3 is 0 Å². The Hall–Kier alpha value is -0.395. The van der Waals surface area contributed by atoms with E-state index in [-0.39, 0.29) is 0 Å². The summed E-state index contributed by atoms with van der Waals surface area (Å²) in [7, 11) is 5.56. The fraction of sp³-hybridized carbons (Fsp3) is 0.667. The lowest BCUT2D eigenvalue weighted by atomic mass is 10.2. The van der Waals surface area contributed by atoms with Gasteiger partial charge in [-0.2, -0.15) is 0 Å². The van der Waals surface area contributed by atoms with Crippen LogP contribution < -0.4 is 0 Å². The molecule has 1 saturated heterocycles. The van der Waals surface area contributed by atoms with E-state index in [1.54, 1.807) is 4.81 Å². The van der Waals surface area contributed by atoms with Gasteiger partial charge in [-0.05, 0) is 25.5 Å². The van der Waals surface area contributed by atoms with Crippen LogP contribution in [-0.2, 0) is 0 Å². The Labute approximate surface area is 51.8 Å². The highest BCUT2D eigenvalue weighted by Crippen LogP contribution is 2.21. The predicted molar refractivity (Wildman–Crippen MR) is 35.4 cm³/mol. The minimum Gasteiger partial charge on any atom is -0.426 e. The van der Waals surface area contributed by atoms with Crippen LogP contribution in [0.5, 0.6) is 0 Å². The maximum Gasteiger partial charge on any atom is 0.226 e. The van der Waals surface area contributed by atoms with E-state index >= 15 is 0 Å². The number of allylic oxidation sites excluding steroid dienone is 1. The summed E-state index contributed by atoms with van der Waals surface area (Å²) < 4.78 is 0. The first-order valence-electron chi connectivity index (χ1n) is 2.93. The van der Waals surface area contributed by atoms with E-state index in [1.165, 1.54) is 0 Å². The van der Waals surface area contributed by atoms with Gasteiger partial charge in [0.25, 0.3) is 0 Å². The van der Waals surface area contributed by atoms with E-state index in [9.17, 15) is 0 Å². The summed E-state index contributed by atoms with van der Waals surface area (Å²) in [6.07, 6.45) is 2.23. The fourth-order valence-corrected chi connectivity index (χ4v) is 0.955. The molecule has 0 aromatic carbocycles. The van der Waals surface area contributed by atoms with Crippen molar-refractivity contribution in [1.82, 2.24) is 4.81 Å². The zero-order valence-corrected chi connectivity index (χ0v) is 5.22. The molecule has 42 valence electrons. The third-order valence-electron chi connectivity index (χ3n) is 1.69. The van der Waals surface area contributed by atoms with E-state index in [0.717, 1.165) is 18.5 Å². The van der Waals surface area contributed by atoms with Crippen molar-refractivity contribution in [3.05, 3.63) is 12.3 Å². The number of hydrogen-bond donors (Lipinski definition) is 0. The molecule has 1 rings (SSSR count). The van der Waals surface area contributed by atoms with Crippen LogP contribution in [-0.4, -0.2) is 18.8 Å². The third kappa shape index (κ3) is 0.748. The summed E-state index contributed by atoms with van der Waals surface area (Å²) in [5.41, 5.74) is 1.07. The standard InChI is InChI=1S/C6H10BN/c1-5-3-4-6(2)8(5)7/h6H,1,3-4H2,2H3. The molecule has 0 bridgehead atoms. The Kier molecular flexibility index (Phi) is 1.32. The molecule has 2 heteroatoms. The molecule has 1 heterocycles. The van der Waals surface area contributed by atoms with Crippen molar-refractivity contribution >= 4 is 7.98 Å². The van der Waals surface area contributed by atoms with Crippen LogP contribution in [0, 0.1) is 0 Å². The van der Waals surface area contributed by atoms with Crippen LogP contribution in [0.3, 0.4) is 0 Å². The minimum absolute atomic E-state index is 0.502. The molecule has 0 aliphatic carbocycles. The van der Waals surface area contributed by atoms with Crippen LogP contribution in [0.15, 0.2) is 12.3 Å². The van der Waals surface area contributed by atoms with Crippen LogP contribution in [0.1, 0.15) is 19.8 Å². The monoisotopic (exact) mass is 107 g/mol. The van der Waals surface area contributed by atoms with Crippen LogP contribution in [0.2, 0.25) is 0 Å². The Morgan fingerprint density at radius 3 is 2.62 bits per heavy atom. The van der Waals surface area contributed by atoms with Gasteiger partial charge in [0.05, 0.1) is 0 Å². The molecular weight excluding hydrogens is 96.9 g/mol. The van der Waals surface area contributed by atoms with E-state index < -0.39 is 0 Å². The lowest BCUT2D eigenvalue weighted by Gasteiger charge is -2.18. The molecule has 0 aromatic heterocycles. The second-order valence-corrected chi connectivity index (χ2v) is 2.36. The molecule has 0 saturated carbocycles. The quantitative estimate of drug-likeness (QED) is 0.418. The average molecular weight is 107 g/mol. The molecular formula is C6H10BN. The molecule has 1 nitrogen and oxygen atoms in total. The molecule has 0 spiro atoms. The SMILES string of the molecule is [B]N1C(=C)CCC1C. The van der Waals surface area contributed by atoms with Crippen molar-refractivity contribution in [2.75, 3.05) is 0 Å². The third-order valence-corrected chi connectivity index (χ3v) is 1.69. The van der Waals surface area contributed by atoms with Crippen molar-refractivity contribution in [2.45, 2.75) is 25.8 Å². The normalized spacial score (nSPS) is 29.4. The van der Waals surface area contributed by atoms with Crippen LogP contribution >= 0.6 is 0 Å². The number of hydrogen-bond acceptors (Lipinski definition) is 1. The highest BCUT2D eigenvalue weighted by molar-refractivity contribution is 6.06. The van der Waals surface area contributed by atoms with Crippen molar-refractivity contribution in [1.29, 1.82) is 0 Å². The number of nitrogens with zero attached hydrogens (tertiary/aromatic N) is 1. The summed E-state index contributed by atoms with van der Waals surface area (Å²) in [4.78, 5) is 1.75. The molecule has 8 heavy (non-hydrogen) atoms. The van der Waals surface area contributed by atoms with Crippen molar-refractivity contribution in [2.24, 2.45) is 0 Å². The summed E-state index contributed by atoms with van der Waals surface area (Å²) in [5, 5.41) is 0. The topological polar surface area (TPSA) is 3.24 Å². The largest absolute Gasteiger partial charge is 0.426 e. The van der Waals surface area contributed by atoms with Gasteiger partial charge in [-0.25, -0.2) is 0 Å². The van der Waals surface area contributed by atoms with E-state index in [2.05, 4.69) is 13.5 Å². The van der Waals surface area contributed by atoms with Crippen LogP contribution in [0.4, 0.5) is 0 Å². The van der Waals surface area contributed by atoms with Gasteiger partial charge < -0.3 is 4.81 Å². The molecule has 1 fully saturated rings. The van der Waals surface area contributed by atoms with E-state index in [0.29, 0.717) is 6.04 Å². The van der Waals surface area contributed by atoms with Gasteiger partial charge in [0, 0.05) is 6.04 Å². The first kappa shape index (κ1) is 5.74. The van der Waals surface area contributed by atoms with Crippen LogP contribution in [0.25, 0.3) is 0 Å². The molecule has 2 radical (unpaired) electrons. The summed E-state index contributed by atoms with van der Waals surface area (Å²) in [6, 6.07) is 0.502. The molecule has 0 amide bonds. The van der Waals surface area contributed by atoms with Crippen molar-refractivity contribution in [3.63, 3.8) is 0 Å². The van der Waals surface area contributed by atoms with Crippen molar-refractivity contribution < 1.29 is 0 Å². The second kappa shape index (κ2) is 1.84. The Morgan fingerprint density at radius 2 is 2.50 bits per heavy atom. The van der Waals surface area contributed by atoms with Gasteiger partial charge in [-0.15, -0.1) is 0 Å². The highest BCUT2D eigenvalue weighted by Gasteiger charge is 2.17. The molecule has 1 atom stereocenters. The van der Waals surface area contributed by atoms with E-state index in [1.807, 2.05) is 0 Å². The zero-order valence-electron chi connectivity index (χ0n) is 5.22. The van der Waals surface area contributed by atoms with Gasteiger partial charge in [-0.3, -0.25) is 0 Å². The summed E-state index contributed by atoms with van der Waals surface area (Å²) in [5.74, 6) is 0. The van der Waals surface area contributed by atoms with Gasteiger partial charge in [-0.1, -0.05) is 6.58 Å². The second-order valence-electron chi connectivity index (χ2n) is 2.36. The Morgan fingerprint density at radius 1 is 1.88 bits per heavy atom. The maximum absolute atomic E-state index is 5.56. The average Bonchev–Trinajstić information content (AvgIpc) is 1.98. The first-order valence-corrected chi connectivity index (χ1v) is 2.93. The first-order chi connectivity index (χ1) is 3.72. The molecule has 1 aliphatic rings. The highest BCUT2D eigenvalue weighted by atomic mass is 15.1. The molecule has 0 aromatic rings. The molecule has 1 aliphatic heterocycles. The zero-order chi connectivity index (χ0) is 6.15. The minimum atomic E-state index is 0.502. The van der Waals surface area contributed by atoms with Crippen molar-refractivity contribution in [3.8, 4) is 0 Å². The van der Waals surface area contributed by atoms with Gasteiger partial charge in [0.1, 0.15) is 0 Å². The predicted octanol–water partition coefficient (Wildman–Crippen LogP) is 1.07. The van der Waals surface area contributed by atoms with Gasteiger partial charge in [0.15, 0.2) is 0 Å². The van der Waals surface area contributed by atoms with Gasteiger partial charge in [0.2, 0.25) is 7.98 Å². The Bertz CT molecular complexity index is 111. The molecule has 0 N–H and O–H groups in total. The smallest absolute Gasteiger partial charge is 0.226 e. The fourth-order valence-electron chi connectivity index (χ4n) is 0.955. The Balaban J connectivity index is 2.56. The van der Waals surface area contributed by atoms with E-state index in [4.69, 9.17) is 7.98 Å². The molecule has 1 unspecified atom stereocenters.